The summed E-state index contributed by atoms with van der Waals surface area (Å²) in [4.78, 5) is -0.794. The van der Waals surface area contributed by atoms with Gasteiger partial charge < -0.3 is 24.1 Å². The molecule has 6 aliphatic rings. The molecule has 7 nitrogen and oxygen atoms in total. The molecule has 41 heavy (non-hydrogen) atoms. The quantitative estimate of drug-likeness (QED) is 0.410. The van der Waals surface area contributed by atoms with E-state index < -0.39 is 22.4 Å². The highest BCUT2D eigenvalue weighted by Crippen LogP contribution is 2.75. The molecular formula is C32H38BrClN2O5. The topological polar surface area (TPSA) is 75.0 Å². The van der Waals surface area contributed by atoms with Gasteiger partial charge in [0.15, 0.2) is 13.6 Å². The molecule has 2 aromatic rings. The molecule has 5 fully saturated rings. The van der Waals surface area contributed by atoms with Gasteiger partial charge in [0, 0.05) is 21.5 Å². The summed E-state index contributed by atoms with van der Waals surface area (Å²) in [5.41, 5.74) is 3.32. The fourth-order valence-corrected chi connectivity index (χ4v) is 11.3. The van der Waals surface area contributed by atoms with E-state index in [0.717, 1.165) is 35.8 Å². The molecule has 0 bridgehead atoms. The predicted molar refractivity (Wildman–Crippen MR) is 157 cm³/mol. The molecule has 3 saturated carbocycles. The van der Waals surface area contributed by atoms with Crippen molar-refractivity contribution in [3.05, 3.63) is 57.3 Å². The van der Waals surface area contributed by atoms with Crippen LogP contribution in [0, 0.1) is 28.6 Å². The summed E-state index contributed by atoms with van der Waals surface area (Å²) in [6.45, 7) is 8.29. The summed E-state index contributed by atoms with van der Waals surface area (Å²) in [6, 6.07) is 8.38. The summed E-state index contributed by atoms with van der Waals surface area (Å²) in [5, 5.41) is 17.2. The predicted octanol–water partition coefficient (Wildman–Crippen LogP) is 5.90. The molecule has 0 radical (unpaired) electrons. The van der Waals surface area contributed by atoms with Crippen molar-refractivity contribution in [3.63, 3.8) is 0 Å². The van der Waals surface area contributed by atoms with Gasteiger partial charge in [-0.1, -0.05) is 54.4 Å². The van der Waals surface area contributed by atoms with Crippen LogP contribution >= 0.6 is 27.5 Å². The number of benzene rings is 1. The molecule has 1 N–H and O–H groups in total. The van der Waals surface area contributed by atoms with Gasteiger partial charge in [-0.2, -0.15) is 5.10 Å². The van der Waals surface area contributed by atoms with E-state index in [1.54, 1.807) is 0 Å². The number of aliphatic hydroxyl groups is 1. The molecule has 9 atom stereocenters. The minimum absolute atomic E-state index is 0.129. The first-order chi connectivity index (χ1) is 19.6. The summed E-state index contributed by atoms with van der Waals surface area (Å²) < 4.78 is 27.9. The fourth-order valence-electron chi connectivity index (χ4n) is 10.5. The van der Waals surface area contributed by atoms with Crippen LogP contribution in [0.1, 0.15) is 63.3 Å². The van der Waals surface area contributed by atoms with Crippen molar-refractivity contribution in [1.29, 1.82) is 0 Å². The Balaban J connectivity index is 1.15. The van der Waals surface area contributed by atoms with Crippen molar-refractivity contribution in [3.8, 4) is 0 Å². The Morgan fingerprint density at radius 2 is 1.90 bits per heavy atom. The maximum absolute atomic E-state index is 12.3. The maximum Gasteiger partial charge on any atom is 0.227 e. The summed E-state index contributed by atoms with van der Waals surface area (Å²) in [6.07, 6.45) is 7.89. The van der Waals surface area contributed by atoms with Crippen LogP contribution in [0.3, 0.4) is 0 Å². The Morgan fingerprint density at radius 1 is 1.12 bits per heavy atom. The van der Waals surface area contributed by atoms with Crippen LogP contribution in [0.25, 0.3) is 6.08 Å². The van der Waals surface area contributed by atoms with E-state index in [2.05, 4.69) is 73.2 Å². The van der Waals surface area contributed by atoms with Crippen molar-refractivity contribution in [2.24, 2.45) is 28.6 Å². The van der Waals surface area contributed by atoms with E-state index in [4.69, 9.17) is 35.6 Å². The third-order valence-electron chi connectivity index (χ3n) is 12.2. The molecule has 220 valence electrons. The Kier molecular flexibility index (Phi) is 5.93. The lowest BCUT2D eigenvalue weighted by Crippen LogP contribution is -2.71. The molecule has 8 rings (SSSR count). The zero-order valence-corrected chi connectivity index (χ0v) is 26.2. The standard InChI is InChI=1S/C32H38BrClN2O5/c1-19-10-25-24-9-6-22-11-26-21(15-36(35-26)14-20-4-7-23(33)8-5-20)12-28(22,2)31(24,34)27(37)13-29(25,3)32(19)30(40-18-41-32)16-38-17-39-30/h4-5,7-8,11,15,19,24-25,27,37H,6,9-10,12-14,16-18H2,1-3H3/t19-,24+,25+,27+,28+,29+,30?,31+,32-/m1/s1. The molecule has 0 amide bonds. The number of hydrogen-bond donors (Lipinski definition) is 1. The molecular weight excluding hydrogens is 608 g/mol. The molecule has 2 aliphatic heterocycles. The van der Waals surface area contributed by atoms with Gasteiger partial charge in [0.25, 0.3) is 0 Å². The zero-order valence-electron chi connectivity index (χ0n) is 23.9. The van der Waals surface area contributed by atoms with Gasteiger partial charge in [-0.25, -0.2) is 0 Å². The molecule has 1 aromatic heterocycles. The molecule has 9 heteroatoms. The van der Waals surface area contributed by atoms with Crippen molar-refractivity contribution < 1.29 is 24.1 Å². The van der Waals surface area contributed by atoms with Crippen LogP contribution in [0.2, 0.25) is 0 Å². The number of aromatic nitrogens is 2. The minimum Gasteiger partial charge on any atom is -0.391 e. The second kappa shape index (κ2) is 8.90. The SMILES string of the molecule is C[C@@H]1C[C@H]2[C@@H]3CCC4=Cc5nn(Cc6ccc(Br)cc6)cc5C[C@]4(C)[C@@]3(Cl)[C@@H](O)C[C@]2(C)[C@]12OCOC21COCO1. The number of hydrogen-bond acceptors (Lipinski definition) is 6. The van der Waals surface area contributed by atoms with E-state index in [9.17, 15) is 5.11 Å². The minimum atomic E-state index is -0.936. The lowest BCUT2D eigenvalue weighted by molar-refractivity contribution is -0.264. The van der Waals surface area contributed by atoms with Gasteiger partial charge in [-0.3, -0.25) is 4.68 Å². The maximum atomic E-state index is 12.3. The number of alkyl halides is 1. The fraction of sp³-hybridized carbons (Fsp3) is 0.656. The number of nitrogens with zero attached hydrogens (tertiary/aromatic N) is 2. The van der Waals surface area contributed by atoms with Gasteiger partial charge in [-0.05, 0) is 79.2 Å². The van der Waals surface area contributed by atoms with Gasteiger partial charge >= 0.3 is 0 Å². The summed E-state index contributed by atoms with van der Waals surface area (Å²) in [5.74, 6) is -0.368. The number of allylic oxidation sites excluding steroid dienone is 1. The number of halogens is 2. The smallest absolute Gasteiger partial charge is 0.227 e. The third-order valence-corrected chi connectivity index (χ3v) is 13.6. The van der Waals surface area contributed by atoms with Crippen LogP contribution in [0.4, 0.5) is 0 Å². The Bertz CT molecular complexity index is 1420. The van der Waals surface area contributed by atoms with Crippen LogP contribution in [0.5, 0.6) is 0 Å². The average Bonchev–Trinajstić information content (AvgIpc) is 3.70. The highest BCUT2D eigenvalue weighted by Gasteiger charge is 2.81. The van der Waals surface area contributed by atoms with Crippen LogP contribution in [0.15, 0.2) is 40.5 Å². The Labute approximate surface area is 254 Å². The van der Waals surface area contributed by atoms with E-state index in [-0.39, 0.29) is 42.2 Å². The number of aliphatic hydroxyl groups excluding tert-OH is 1. The molecule has 2 spiro atoms. The Hall–Kier alpha value is -1.26. The molecule has 1 unspecified atom stereocenters. The third kappa shape index (κ3) is 3.31. The van der Waals surface area contributed by atoms with E-state index in [1.165, 1.54) is 16.7 Å². The van der Waals surface area contributed by atoms with Crippen LogP contribution < -0.4 is 0 Å². The average molecular weight is 646 g/mol. The molecule has 2 saturated heterocycles. The van der Waals surface area contributed by atoms with Gasteiger partial charge in [0.1, 0.15) is 12.2 Å². The van der Waals surface area contributed by atoms with Gasteiger partial charge in [0.2, 0.25) is 5.79 Å². The van der Waals surface area contributed by atoms with E-state index >= 15 is 0 Å². The largest absolute Gasteiger partial charge is 0.391 e. The lowest BCUT2D eigenvalue weighted by atomic mass is 9.44. The van der Waals surface area contributed by atoms with Crippen molar-refractivity contribution >= 4 is 33.6 Å². The molecule has 1 aromatic carbocycles. The van der Waals surface area contributed by atoms with Crippen molar-refractivity contribution in [2.45, 2.75) is 81.8 Å². The highest BCUT2D eigenvalue weighted by atomic mass is 79.9. The summed E-state index contributed by atoms with van der Waals surface area (Å²) >= 11 is 11.5. The van der Waals surface area contributed by atoms with Gasteiger partial charge in [0.05, 0.1) is 23.2 Å². The normalized spacial score (nSPS) is 46.3. The Morgan fingerprint density at radius 3 is 2.66 bits per heavy atom. The number of ether oxygens (including phenoxy) is 4. The first-order valence-electron chi connectivity index (χ1n) is 14.9. The lowest BCUT2D eigenvalue weighted by Gasteiger charge is -2.65. The summed E-state index contributed by atoms with van der Waals surface area (Å²) in [7, 11) is 0. The molecule has 3 heterocycles. The van der Waals surface area contributed by atoms with Crippen LogP contribution in [-0.2, 0) is 31.9 Å². The second-order valence-corrected chi connectivity index (χ2v) is 15.4. The highest BCUT2D eigenvalue weighted by molar-refractivity contribution is 9.10. The molecule has 4 aliphatic carbocycles. The second-order valence-electron chi connectivity index (χ2n) is 13.8. The zero-order chi connectivity index (χ0) is 28.4. The first-order valence-corrected chi connectivity index (χ1v) is 16.1. The van der Waals surface area contributed by atoms with Crippen LogP contribution in [-0.4, -0.2) is 57.4 Å². The number of rotatable bonds is 2. The number of fused-ring (bicyclic) bond motifs is 8. The first kappa shape index (κ1) is 27.3. The van der Waals surface area contributed by atoms with E-state index in [0.29, 0.717) is 19.6 Å². The van der Waals surface area contributed by atoms with Crippen molar-refractivity contribution in [2.75, 3.05) is 20.2 Å². The van der Waals surface area contributed by atoms with E-state index in [1.807, 2.05) is 4.68 Å². The van der Waals surface area contributed by atoms with Gasteiger partial charge in [-0.15, -0.1) is 11.6 Å². The van der Waals surface area contributed by atoms with Crippen molar-refractivity contribution in [1.82, 2.24) is 9.78 Å². The monoisotopic (exact) mass is 644 g/mol.